The van der Waals surface area contributed by atoms with Crippen LogP contribution in [0.25, 0.3) is 0 Å². The molecule has 0 aliphatic heterocycles. The van der Waals surface area contributed by atoms with Crippen LogP contribution in [-0.4, -0.2) is 67.7 Å². The van der Waals surface area contributed by atoms with E-state index < -0.39 is 18.2 Å². The maximum Gasteiger partial charge on any atom is 0.409 e. The summed E-state index contributed by atoms with van der Waals surface area (Å²) < 4.78 is 22.5. The summed E-state index contributed by atoms with van der Waals surface area (Å²) in [5, 5.41) is 10.3. The van der Waals surface area contributed by atoms with Crippen LogP contribution in [0.4, 0.5) is 4.79 Å². The van der Waals surface area contributed by atoms with Crippen molar-refractivity contribution in [2.45, 2.75) is 38.7 Å². The van der Waals surface area contributed by atoms with Gasteiger partial charge in [0.05, 0.1) is 19.8 Å². The fraction of sp³-hybridized carbons (Fsp3) is 0.375. The molecule has 0 heterocycles. The van der Waals surface area contributed by atoms with E-state index in [0.717, 1.165) is 11.1 Å². The molecule has 0 fully saturated rings. The second kappa shape index (κ2) is 18.2. The topological polar surface area (TPSA) is 94.5 Å². The highest BCUT2D eigenvalue weighted by Crippen LogP contribution is 2.24. The van der Waals surface area contributed by atoms with Crippen LogP contribution in [0.2, 0.25) is 10.0 Å². The first kappa shape index (κ1) is 33.0. The Hall–Kier alpha value is -3.46. The van der Waals surface area contributed by atoms with Gasteiger partial charge in [-0.25, -0.2) is 9.59 Å². The van der Waals surface area contributed by atoms with Crippen LogP contribution in [0.3, 0.4) is 0 Å². The van der Waals surface area contributed by atoms with Crippen molar-refractivity contribution < 1.29 is 33.6 Å². The number of carbonyl (C=O) groups excluding carboxylic acids is 1. The van der Waals surface area contributed by atoms with Crippen molar-refractivity contribution in [3.05, 3.63) is 94.0 Å². The molecular formula is C32H37Cl2NO7. The van der Waals surface area contributed by atoms with Crippen molar-refractivity contribution >= 4 is 35.3 Å². The largest absolute Gasteiger partial charge is 0.493 e. The molecule has 0 saturated heterocycles. The number of nitrogens with zero attached hydrogens (tertiary/aromatic N) is 1. The Bertz CT molecular complexity index is 1220. The van der Waals surface area contributed by atoms with Crippen molar-refractivity contribution in [2.75, 3.05) is 39.5 Å². The SMILES string of the molecule is CCOC(Cc1ccc(OCCN(CCCCOc2cc(Cl)cc(Cl)c2)C(=O)OCCc2ccccc2)cc1)C(=O)O. The number of hydrogen-bond donors (Lipinski definition) is 1. The van der Waals surface area contributed by atoms with Crippen molar-refractivity contribution in [2.24, 2.45) is 0 Å². The first-order chi connectivity index (χ1) is 20.3. The average Bonchev–Trinajstić information content (AvgIpc) is 2.96. The van der Waals surface area contributed by atoms with Crippen molar-refractivity contribution in [1.29, 1.82) is 0 Å². The fourth-order valence-electron chi connectivity index (χ4n) is 4.12. The van der Waals surface area contributed by atoms with Gasteiger partial charge in [-0.05, 0) is 61.2 Å². The summed E-state index contributed by atoms with van der Waals surface area (Å²) in [6.07, 6.45) is 1.01. The van der Waals surface area contributed by atoms with Crippen molar-refractivity contribution in [3.8, 4) is 11.5 Å². The highest BCUT2D eigenvalue weighted by molar-refractivity contribution is 6.34. The van der Waals surface area contributed by atoms with Gasteiger partial charge in [0.2, 0.25) is 0 Å². The third-order valence-electron chi connectivity index (χ3n) is 6.26. The van der Waals surface area contributed by atoms with Gasteiger partial charge in [-0.3, -0.25) is 0 Å². The van der Waals surface area contributed by atoms with E-state index in [4.69, 9.17) is 42.1 Å². The van der Waals surface area contributed by atoms with E-state index in [1.54, 1.807) is 42.2 Å². The van der Waals surface area contributed by atoms with E-state index in [2.05, 4.69) is 0 Å². The summed E-state index contributed by atoms with van der Waals surface area (Å²) in [5.74, 6) is 0.224. The molecule has 3 aromatic rings. The second-order valence-electron chi connectivity index (χ2n) is 9.48. The molecule has 0 saturated carbocycles. The van der Waals surface area contributed by atoms with Crippen molar-refractivity contribution in [1.82, 2.24) is 4.90 Å². The molecule has 0 spiro atoms. The van der Waals surface area contributed by atoms with Gasteiger partial charge in [0.25, 0.3) is 0 Å². The Kier molecular flexibility index (Phi) is 14.3. The second-order valence-corrected chi connectivity index (χ2v) is 10.3. The third kappa shape index (κ3) is 12.2. The number of carbonyl (C=O) groups is 2. The molecule has 0 aromatic heterocycles. The highest BCUT2D eigenvalue weighted by atomic mass is 35.5. The number of ether oxygens (including phenoxy) is 4. The van der Waals surface area contributed by atoms with Gasteiger partial charge >= 0.3 is 12.1 Å². The van der Waals surface area contributed by atoms with Crippen LogP contribution < -0.4 is 9.47 Å². The number of aliphatic carboxylic acids is 1. The molecule has 8 nitrogen and oxygen atoms in total. The number of unbranched alkanes of at least 4 members (excludes halogenated alkanes) is 1. The zero-order valence-electron chi connectivity index (χ0n) is 23.7. The van der Waals surface area contributed by atoms with Gasteiger partial charge in [0.1, 0.15) is 18.1 Å². The van der Waals surface area contributed by atoms with E-state index in [9.17, 15) is 14.7 Å². The lowest BCUT2D eigenvalue weighted by molar-refractivity contribution is -0.149. The van der Waals surface area contributed by atoms with E-state index in [0.29, 0.717) is 67.1 Å². The molecule has 1 atom stereocenters. The summed E-state index contributed by atoms with van der Waals surface area (Å²) in [5.41, 5.74) is 1.92. The molecule has 0 aliphatic rings. The molecule has 3 aromatic carbocycles. The van der Waals surface area contributed by atoms with Crippen LogP contribution >= 0.6 is 23.2 Å². The zero-order chi connectivity index (χ0) is 30.2. The van der Waals surface area contributed by atoms with Crippen molar-refractivity contribution in [3.63, 3.8) is 0 Å². The highest BCUT2D eigenvalue weighted by Gasteiger charge is 2.18. The molecule has 0 radical (unpaired) electrons. The molecule has 10 heteroatoms. The van der Waals surface area contributed by atoms with Gasteiger partial charge in [-0.2, -0.15) is 0 Å². The number of carboxylic acids is 1. The standard InChI is InChI=1S/C32H37Cl2NO7/c1-2-39-30(31(36)37)20-25-10-12-28(13-11-25)41-19-16-35(32(38)42-18-14-24-8-4-3-5-9-24)15-6-7-17-40-29-22-26(33)21-27(34)23-29/h3-5,8-13,21-23,30H,2,6-7,14-20H2,1H3,(H,36,37). The molecule has 1 amide bonds. The van der Waals surface area contributed by atoms with Gasteiger partial charge in [0.15, 0.2) is 6.10 Å². The van der Waals surface area contributed by atoms with Gasteiger partial charge in [0, 0.05) is 36.0 Å². The Balaban J connectivity index is 1.48. The van der Waals surface area contributed by atoms with E-state index in [-0.39, 0.29) is 19.6 Å². The predicted octanol–water partition coefficient (Wildman–Crippen LogP) is 6.94. The molecule has 0 bridgehead atoms. The van der Waals surface area contributed by atoms with E-state index >= 15 is 0 Å². The zero-order valence-corrected chi connectivity index (χ0v) is 25.2. The lowest BCUT2D eigenvalue weighted by Gasteiger charge is -2.22. The number of halogens is 2. The third-order valence-corrected chi connectivity index (χ3v) is 6.70. The van der Waals surface area contributed by atoms with Crippen LogP contribution in [0, 0.1) is 0 Å². The average molecular weight is 619 g/mol. The van der Waals surface area contributed by atoms with Gasteiger partial charge in [-0.15, -0.1) is 0 Å². The minimum absolute atomic E-state index is 0.264. The molecule has 1 unspecified atom stereocenters. The number of amides is 1. The smallest absolute Gasteiger partial charge is 0.409 e. The summed E-state index contributed by atoms with van der Waals surface area (Å²) >= 11 is 12.1. The molecule has 0 aliphatic carbocycles. The molecule has 1 N–H and O–H groups in total. The minimum Gasteiger partial charge on any atom is -0.493 e. The maximum atomic E-state index is 12.9. The Morgan fingerprint density at radius 3 is 2.17 bits per heavy atom. The van der Waals surface area contributed by atoms with E-state index in [1.165, 1.54) is 0 Å². The first-order valence-electron chi connectivity index (χ1n) is 13.9. The Morgan fingerprint density at radius 2 is 1.50 bits per heavy atom. The fourth-order valence-corrected chi connectivity index (χ4v) is 4.63. The number of carboxylic acid groups (broad SMARTS) is 1. The first-order valence-corrected chi connectivity index (χ1v) is 14.7. The molecular weight excluding hydrogens is 581 g/mol. The molecule has 3 rings (SSSR count). The van der Waals surface area contributed by atoms with Gasteiger partial charge < -0.3 is 29.0 Å². The summed E-state index contributed by atoms with van der Waals surface area (Å²) in [4.78, 5) is 25.9. The Morgan fingerprint density at radius 1 is 0.810 bits per heavy atom. The maximum absolute atomic E-state index is 12.9. The Labute approximate surface area is 257 Å². The van der Waals surface area contributed by atoms with E-state index in [1.807, 2.05) is 42.5 Å². The minimum atomic E-state index is -0.992. The van der Waals surface area contributed by atoms with Crippen LogP contribution in [-0.2, 0) is 27.1 Å². The molecule has 226 valence electrons. The summed E-state index contributed by atoms with van der Waals surface area (Å²) in [6.45, 7) is 3.89. The van der Waals surface area contributed by atoms with Crippen LogP contribution in [0.5, 0.6) is 11.5 Å². The van der Waals surface area contributed by atoms with Crippen LogP contribution in [0.15, 0.2) is 72.8 Å². The van der Waals surface area contributed by atoms with Gasteiger partial charge in [-0.1, -0.05) is 65.7 Å². The number of benzene rings is 3. The molecule has 42 heavy (non-hydrogen) atoms. The lowest BCUT2D eigenvalue weighted by atomic mass is 10.1. The number of hydrogen-bond acceptors (Lipinski definition) is 6. The quantitative estimate of drug-likeness (QED) is 0.154. The summed E-state index contributed by atoms with van der Waals surface area (Å²) in [7, 11) is 0. The monoisotopic (exact) mass is 617 g/mol. The number of rotatable bonds is 18. The summed E-state index contributed by atoms with van der Waals surface area (Å²) in [6, 6.07) is 22.1. The lowest BCUT2D eigenvalue weighted by Crippen LogP contribution is -2.36. The van der Waals surface area contributed by atoms with Crippen LogP contribution in [0.1, 0.15) is 30.9 Å². The normalized spacial score (nSPS) is 11.5. The predicted molar refractivity (Wildman–Crippen MR) is 163 cm³/mol.